The van der Waals surface area contributed by atoms with E-state index in [0.29, 0.717) is 13.1 Å². The Morgan fingerprint density at radius 2 is 2.20 bits per heavy atom. The van der Waals surface area contributed by atoms with Gasteiger partial charge in [0.2, 0.25) is 0 Å². The van der Waals surface area contributed by atoms with E-state index in [1.165, 1.54) is 6.07 Å². The third kappa shape index (κ3) is 3.49. The summed E-state index contributed by atoms with van der Waals surface area (Å²) in [6, 6.07) is 4.81. The average molecular weight is 212 g/mol. The first-order chi connectivity index (χ1) is 7.17. The molecule has 3 nitrogen and oxygen atoms in total. The van der Waals surface area contributed by atoms with Crippen molar-refractivity contribution < 1.29 is 9.50 Å². The molecule has 3 N–H and O–H groups in total. The molecule has 0 aliphatic heterocycles. The quantitative estimate of drug-likeness (QED) is 0.721. The van der Waals surface area contributed by atoms with E-state index >= 15 is 0 Å². The van der Waals surface area contributed by atoms with Crippen LogP contribution >= 0.6 is 0 Å². The maximum absolute atomic E-state index is 13.1. The van der Waals surface area contributed by atoms with Crippen molar-refractivity contribution in [3.63, 3.8) is 0 Å². The molecule has 0 atom stereocenters. The Kier molecular flexibility index (Phi) is 4.52. The molecule has 15 heavy (non-hydrogen) atoms. The summed E-state index contributed by atoms with van der Waals surface area (Å²) in [4.78, 5) is 2.03. The summed E-state index contributed by atoms with van der Waals surface area (Å²) < 4.78 is 13.1. The first kappa shape index (κ1) is 11.9. The number of rotatable bonds is 5. The molecule has 0 fully saturated rings. The number of anilines is 1. The monoisotopic (exact) mass is 212 g/mol. The number of aliphatic hydroxyl groups excluding tert-OH is 1. The van der Waals surface area contributed by atoms with Gasteiger partial charge < -0.3 is 10.8 Å². The first-order valence-electron chi connectivity index (χ1n) is 5.04. The molecule has 4 heteroatoms. The molecule has 0 aliphatic rings. The summed E-state index contributed by atoms with van der Waals surface area (Å²) in [5, 5.41) is 8.81. The summed E-state index contributed by atoms with van der Waals surface area (Å²) >= 11 is 0. The van der Waals surface area contributed by atoms with Crippen LogP contribution < -0.4 is 5.73 Å². The van der Waals surface area contributed by atoms with Crippen LogP contribution in [-0.2, 0) is 6.54 Å². The van der Waals surface area contributed by atoms with Crippen LogP contribution in [0.4, 0.5) is 10.1 Å². The number of aliphatic hydroxyl groups is 1. The zero-order valence-electron chi connectivity index (χ0n) is 8.91. The summed E-state index contributed by atoms with van der Waals surface area (Å²) in [5.74, 6) is -0.382. The Morgan fingerprint density at radius 3 is 2.73 bits per heavy atom. The van der Waals surface area contributed by atoms with E-state index in [-0.39, 0.29) is 18.1 Å². The van der Waals surface area contributed by atoms with Crippen LogP contribution in [0, 0.1) is 5.82 Å². The van der Waals surface area contributed by atoms with Gasteiger partial charge in [-0.1, -0.05) is 13.0 Å². The molecule has 0 saturated carbocycles. The Bertz CT molecular complexity index is 317. The normalized spacial score (nSPS) is 10.9. The fourth-order valence-corrected chi connectivity index (χ4v) is 1.42. The van der Waals surface area contributed by atoms with Crippen LogP contribution in [-0.4, -0.2) is 29.7 Å². The molecule has 0 amide bonds. The van der Waals surface area contributed by atoms with E-state index in [2.05, 4.69) is 0 Å². The number of halogens is 1. The lowest BCUT2D eigenvalue weighted by Crippen LogP contribution is -2.26. The van der Waals surface area contributed by atoms with Crippen LogP contribution in [0.25, 0.3) is 0 Å². The third-order valence-corrected chi connectivity index (χ3v) is 2.33. The minimum atomic E-state index is -0.382. The molecule has 0 saturated heterocycles. The van der Waals surface area contributed by atoms with E-state index in [1.54, 1.807) is 12.1 Å². The Hall–Kier alpha value is -1.13. The van der Waals surface area contributed by atoms with E-state index in [0.717, 1.165) is 12.1 Å². The lowest BCUT2D eigenvalue weighted by atomic mass is 10.2. The molecule has 1 aromatic carbocycles. The van der Waals surface area contributed by atoms with Crippen molar-refractivity contribution in [1.82, 2.24) is 4.90 Å². The summed E-state index contributed by atoms with van der Waals surface area (Å²) in [5.41, 5.74) is 6.42. The summed E-state index contributed by atoms with van der Waals surface area (Å²) in [6.45, 7) is 4.18. The largest absolute Gasteiger partial charge is 0.396 e. The standard InChI is InChI=1S/C11H17FN2O/c1-2-14(5-6-15)8-9-3-4-11(13)10(12)7-9/h3-4,7,15H,2,5-6,8,13H2,1H3. The maximum atomic E-state index is 13.1. The second-order valence-electron chi connectivity index (χ2n) is 3.45. The summed E-state index contributed by atoms with van der Waals surface area (Å²) in [7, 11) is 0. The molecule has 0 heterocycles. The highest BCUT2D eigenvalue weighted by Gasteiger charge is 2.05. The van der Waals surface area contributed by atoms with Crippen molar-refractivity contribution >= 4 is 5.69 Å². The minimum absolute atomic E-state index is 0.116. The molecular weight excluding hydrogens is 195 g/mol. The molecule has 1 aromatic rings. The van der Waals surface area contributed by atoms with Crippen molar-refractivity contribution in [2.24, 2.45) is 0 Å². The molecule has 1 rings (SSSR count). The van der Waals surface area contributed by atoms with Gasteiger partial charge in [-0.05, 0) is 24.2 Å². The Balaban J connectivity index is 2.66. The van der Waals surface area contributed by atoms with Gasteiger partial charge in [0.1, 0.15) is 5.82 Å². The lowest BCUT2D eigenvalue weighted by molar-refractivity contribution is 0.196. The van der Waals surface area contributed by atoms with Crippen LogP contribution in [0.5, 0.6) is 0 Å². The van der Waals surface area contributed by atoms with E-state index < -0.39 is 0 Å². The van der Waals surface area contributed by atoms with E-state index in [9.17, 15) is 4.39 Å². The fraction of sp³-hybridized carbons (Fsp3) is 0.455. The highest BCUT2D eigenvalue weighted by Crippen LogP contribution is 2.13. The predicted octanol–water partition coefficient (Wildman–Crippen LogP) is 1.22. The van der Waals surface area contributed by atoms with Crippen molar-refractivity contribution in [3.05, 3.63) is 29.6 Å². The smallest absolute Gasteiger partial charge is 0.146 e. The molecule has 0 radical (unpaired) electrons. The predicted molar refractivity (Wildman–Crippen MR) is 58.8 cm³/mol. The van der Waals surface area contributed by atoms with Gasteiger partial charge in [0, 0.05) is 13.1 Å². The van der Waals surface area contributed by atoms with Gasteiger partial charge in [0.25, 0.3) is 0 Å². The zero-order valence-corrected chi connectivity index (χ0v) is 8.91. The van der Waals surface area contributed by atoms with Gasteiger partial charge in [-0.25, -0.2) is 4.39 Å². The van der Waals surface area contributed by atoms with Crippen molar-refractivity contribution in [2.75, 3.05) is 25.4 Å². The Morgan fingerprint density at radius 1 is 1.47 bits per heavy atom. The summed E-state index contributed by atoms with van der Waals surface area (Å²) in [6.07, 6.45) is 0. The van der Waals surface area contributed by atoms with Crippen LogP contribution in [0.15, 0.2) is 18.2 Å². The molecule has 0 unspecified atom stereocenters. The van der Waals surface area contributed by atoms with Crippen LogP contribution in [0.3, 0.4) is 0 Å². The van der Waals surface area contributed by atoms with Gasteiger partial charge in [-0.3, -0.25) is 4.90 Å². The van der Waals surface area contributed by atoms with Crippen molar-refractivity contribution in [2.45, 2.75) is 13.5 Å². The van der Waals surface area contributed by atoms with Crippen LogP contribution in [0.1, 0.15) is 12.5 Å². The zero-order chi connectivity index (χ0) is 11.3. The molecular formula is C11H17FN2O. The van der Waals surface area contributed by atoms with E-state index in [1.807, 2.05) is 11.8 Å². The molecule has 0 spiro atoms. The number of likely N-dealkylation sites (N-methyl/N-ethyl adjacent to an activating group) is 1. The number of nitrogen functional groups attached to an aromatic ring is 1. The minimum Gasteiger partial charge on any atom is -0.396 e. The van der Waals surface area contributed by atoms with Crippen molar-refractivity contribution in [1.29, 1.82) is 0 Å². The number of hydrogen-bond donors (Lipinski definition) is 2. The number of benzene rings is 1. The number of hydrogen-bond acceptors (Lipinski definition) is 3. The van der Waals surface area contributed by atoms with Gasteiger partial charge in [0.15, 0.2) is 0 Å². The van der Waals surface area contributed by atoms with Gasteiger partial charge in [0.05, 0.1) is 12.3 Å². The number of nitrogens with two attached hydrogens (primary N) is 1. The van der Waals surface area contributed by atoms with Crippen molar-refractivity contribution in [3.8, 4) is 0 Å². The molecule has 0 aliphatic carbocycles. The SMILES string of the molecule is CCN(CCO)Cc1ccc(N)c(F)c1. The fourth-order valence-electron chi connectivity index (χ4n) is 1.42. The van der Waals surface area contributed by atoms with Gasteiger partial charge in [-0.2, -0.15) is 0 Å². The third-order valence-electron chi connectivity index (χ3n) is 2.33. The lowest BCUT2D eigenvalue weighted by Gasteiger charge is -2.19. The second kappa shape index (κ2) is 5.68. The average Bonchev–Trinajstić information content (AvgIpc) is 2.23. The molecule has 84 valence electrons. The first-order valence-corrected chi connectivity index (χ1v) is 5.04. The van der Waals surface area contributed by atoms with Gasteiger partial charge >= 0.3 is 0 Å². The van der Waals surface area contributed by atoms with Gasteiger partial charge in [-0.15, -0.1) is 0 Å². The Labute approximate surface area is 89.3 Å². The van der Waals surface area contributed by atoms with E-state index in [4.69, 9.17) is 10.8 Å². The number of nitrogens with zero attached hydrogens (tertiary/aromatic N) is 1. The topological polar surface area (TPSA) is 49.5 Å². The highest BCUT2D eigenvalue weighted by atomic mass is 19.1. The molecule has 0 bridgehead atoms. The maximum Gasteiger partial charge on any atom is 0.146 e. The second-order valence-corrected chi connectivity index (χ2v) is 3.45. The van der Waals surface area contributed by atoms with Crippen LogP contribution in [0.2, 0.25) is 0 Å². The highest BCUT2D eigenvalue weighted by molar-refractivity contribution is 5.41. The molecule has 0 aromatic heterocycles.